The minimum atomic E-state index is -2.74. The summed E-state index contributed by atoms with van der Waals surface area (Å²) in [5, 5.41) is 34.1. The molecule has 3 aromatic rings. The maximum Gasteiger partial charge on any atom is 0.336 e. The van der Waals surface area contributed by atoms with Gasteiger partial charge in [0.2, 0.25) is 0 Å². The zero-order valence-corrected chi connectivity index (χ0v) is 23.9. The Hall–Kier alpha value is -4.18. The van der Waals surface area contributed by atoms with Crippen molar-refractivity contribution >= 4 is 40.1 Å². The van der Waals surface area contributed by atoms with Crippen LogP contribution < -0.4 is 4.74 Å². The molecule has 0 aliphatic carbocycles. The van der Waals surface area contributed by atoms with Gasteiger partial charge < -0.3 is 30.1 Å². The summed E-state index contributed by atoms with van der Waals surface area (Å²) in [6, 6.07) is 14.6. The van der Waals surface area contributed by atoms with E-state index in [1.54, 1.807) is 12.1 Å². The summed E-state index contributed by atoms with van der Waals surface area (Å²) in [7, 11) is 0. The van der Waals surface area contributed by atoms with Gasteiger partial charge in [-0.2, -0.15) is 0 Å². The SMILES string of the molecule is O=C(O)CC(O)(CC(=O)O)C(=O)O.[2H]c1c([2H])c([2H])c(/C(=C(\Cl)c2ccccc2)c2ccc(OCCN(CC)CC)cc2)c([2H])c1[2H]. The Morgan fingerprint density at radius 1 is 0.833 bits per heavy atom. The van der Waals surface area contributed by atoms with Crippen LogP contribution in [0.15, 0.2) is 84.8 Å². The number of ether oxygens (including phenoxy) is 1. The number of aliphatic carboxylic acids is 3. The molecule has 3 aromatic carbocycles. The zero-order valence-electron chi connectivity index (χ0n) is 28.2. The van der Waals surface area contributed by atoms with E-state index >= 15 is 0 Å². The van der Waals surface area contributed by atoms with Crippen molar-refractivity contribution in [3.8, 4) is 5.75 Å². The number of halogens is 1. The molecule has 0 aliphatic heterocycles. The van der Waals surface area contributed by atoms with Gasteiger partial charge in [-0.25, -0.2) is 4.79 Å². The van der Waals surface area contributed by atoms with E-state index in [1.165, 1.54) is 0 Å². The summed E-state index contributed by atoms with van der Waals surface area (Å²) >= 11 is 6.83. The minimum Gasteiger partial charge on any atom is -0.492 e. The van der Waals surface area contributed by atoms with E-state index in [2.05, 4.69) is 18.7 Å². The number of aliphatic hydroxyl groups is 1. The van der Waals surface area contributed by atoms with Gasteiger partial charge in [-0.3, -0.25) is 9.59 Å². The van der Waals surface area contributed by atoms with Gasteiger partial charge in [0.1, 0.15) is 12.4 Å². The third-order valence-electron chi connectivity index (χ3n) is 6.00. The van der Waals surface area contributed by atoms with Gasteiger partial charge in [0, 0.05) is 12.1 Å². The van der Waals surface area contributed by atoms with Crippen molar-refractivity contribution in [2.45, 2.75) is 32.3 Å². The smallest absolute Gasteiger partial charge is 0.336 e. The molecule has 0 saturated heterocycles. The summed E-state index contributed by atoms with van der Waals surface area (Å²) < 4.78 is 47.0. The molecule has 0 aliphatic rings. The van der Waals surface area contributed by atoms with Gasteiger partial charge in [0.25, 0.3) is 0 Å². The highest BCUT2D eigenvalue weighted by atomic mass is 35.5. The first-order chi connectivity index (χ1) is 22.1. The van der Waals surface area contributed by atoms with Crippen LogP contribution in [0.2, 0.25) is 0 Å². The van der Waals surface area contributed by atoms with Gasteiger partial charge in [-0.15, -0.1) is 0 Å². The molecule has 0 amide bonds. The Bertz CT molecular complexity index is 1550. The van der Waals surface area contributed by atoms with Crippen molar-refractivity contribution in [3.63, 3.8) is 0 Å². The van der Waals surface area contributed by atoms with Gasteiger partial charge in [0.05, 0.1) is 24.7 Å². The van der Waals surface area contributed by atoms with E-state index < -0.39 is 54.5 Å². The standard InChI is InChI=1S/C26H28ClNO.C6H8O7/c1-3-28(4-2)19-20-29-24-17-15-22(16-18-24)25(21-11-7-5-8-12-21)26(27)23-13-9-6-10-14-23;7-3(8)1-6(13,5(11)12)2-4(9)10/h5-18H,3-4,19-20H2,1-2H3;13H,1-2H2,(H,7,8)(H,9,10)(H,11,12)/b26-25+;/i5D,7D,8D,11D,12D;. The van der Waals surface area contributed by atoms with E-state index in [0.29, 0.717) is 34.1 Å². The van der Waals surface area contributed by atoms with Crippen LogP contribution >= 0.6 is 11.6 Å². The van der Waals surface area contributed by atoms with Crippen LogP contribution in [0.4, 0.5) is 0 Å². The molecule has 0 atom stereocenters. The van der Waals surface area contributed by atoms with Crippen LogP contribution in [0.1, 0.15) is 50.2 Å². The highest BCUT2D eigenvalue weighted by Crippen LogP contribution is 2.35. The van der Waals surface area contributed by atoms with Crippen LogP contribution in [-0.2, 0) is 14.4 Å². The van der Waals surface area contributed by atoms with Gasteiger partial charge in [-0.1, -0.05) is 98.1 Å². The van der Waals surface area contributed by atoms with Crippen LogP contribution in [0.25, 0.3) is 10.6 Å². The molecule has 0 spiro atoms. The molecule has 4 N–H and O–H groups in total. The summed E-state index contributed by atoms with van der Waals surface area (Å²) in [6.45, 7) is 7.52. The highest BCUT2D eigenvalue weighted by molar-refractivity contribution is 6.53. The van der Waals surface area contributed by atoms with E-state index in [1.807, 2.05) is 42.5 Å². The third-order valence-corrected chi connectivity index (χ3v) is 6.40. The maximum atomic E-state index is 10.3. The first kappa shape index (κ1) is 26.7. The fourth-order valence-corrected chi connectivity index (χ4v) is 4.08. The van der Waals surface area contributed by atoms with Crippen molar-refractivity contribution in [2.75, 3.05) is 26.2 Å². The van der Waals surface area contributed by atoms with Crippen molar-refractivity contribution < 1.29 is 46.4 Å². The Morgan fingerprint density at radius 3 is 1.86 bits per heavy atom. The predicted octanol–water partition coefficient (Wildman–Crippen LogP) is 5.31. The number of carboxylic acids is 3. The fourth-order valence-electron chi connectivity index (χ4n) is 3.75. The first-order valence-electron chi connectivity index (χ1n) is 15.4. The Morgan fingerprint density at radius 2 is 1.38 bits per heavy atom. The number of carboxylic acid groups (broad SMARTS) is 3. The van der Waals surface area contributed by atoms with Gasteiger partial charge in [0.15, 0.2) is 5.60 Å². The molecule has 0 saturated carbocycles. The lowest BCUT2D eigenvalue weighted by atomic mass is 9.95. The number of hydrogen-bond donors (Lipinski definition) is 4. The number of hydrogen-bond acceptors (Lipinski definition) is 6. The van der Waals surface area contributed by atoms with Crippen molar-refractivity contribution in [1.29, 1.82) is 0 Å². The lowest BCUT2D eigenvalue weighted by Crippen LogP contribution is -2.42. The quantitative estimate of drug-likeness (QED) is 0.180. The molecular formula is C32H36ClNO8. The first-order valence-corrected chi connectivity index (χ1v) is 13.3. The van der Waals surface area contributed by atoms with Crippen molar-refractivity contribution in [1.82, 2.24) is 4.90 Å². The average Bonchev–Trinajstić information content (AvgIpc) is 3.03. The molecule has 3 rings (SSSR count). The van der Waals surface area contributed by atoms with E-state index in [0.717, 1.165) is 19.6 Å². The zero-order chi connectivity index (χ0) is 35.5. The molecule has 0 aromatic heterocycles. The van der Waals surface area contributed by atoms with Crippen LogP contribution in [-0.4, -0.2) is 75.1 Å². The van der Waals surface area contributed by atoms with Crippen LogP contribution in [0, 0.1) is 0 Å². The number of carbonyl (C=O) groups is 3. The molecular weight excluding hydrogens is 562 g/mol. The number of likely N-dealkylation sites (N-methyl/N-ethyl adjacent to an activating group) is 1. The molecule has 0 fully saturated rings. The van der Waals surface area contributed by atoms with Crippen molar-refractivity contribution in [2.24, 2.45) is 0 Å². The number of rotatable bonds is 14. The molecule has 10 heteroatoms. The fraction of sp³-hybridized carbons (Fsp3) is 0.281. The Labute approximate surface area is 257 Å². The van der Waals surface area contributed by atoms with Crippen LogP contribution in [0.3, 0.4) is 0 Å². The molecule has 42 heavy (non-hydrogen) atoms. The molecule has 0 heterocycles. The summed E-state index contributed by atoms with van der Waals surface area (Å²) in [4.78, 5) is 32.8. The molecule has 0 unspecified atom stereocenters. The maximum absolute atomic E-state index is 10.3. The minimum absolute atomic E-state index is 0.0649. The predicted molar refractivity (Wildman–Crippen MR) is 161 cm³/mol. The van der Waals surface area contributed by atoms with Gasteiger partial charge >= 0.3 is 17.9 Å². The monoisotopic (exact) mass is 602 g/mol. The second-order valence-corrected chi connectivity index (χ2v) is 9.31. The second-order valence-electron chi connectivity index (χ2n) is 8.93. The second kappa shape index (κ2) is 16.9. The van der Waals surface area contributed by atoms with E-state index in [4.69, 9.17) is 43.6 Å². The van der Waals surface area contributed by atoms with E-state index in [9.17, 15) is 14.4 Å². The number of nitrogens with zero attached hydrogens (tertiary/aromatic N) is 1. The van der Waals surface area contributed by atoms with Crippen LogP contribution in [0.5, 0.6) is 5.75 Å². The Kier molecular flexibility index (Phi) is 10.8. The molecule has 9 nitrogen and oxygen atoms in total. The lowest BCUT2D eigenvalue weighted by molar-refractivity contribution is -0.170. The Balaban J connectivity index is 0.000000500. The highest BCUT2D eigenvalue weighted by Gasteiger charge is 2.40. The van der Waals surface area contributed by atoms with Gasteiger partial charge in [-0.05, 0) is 41.9 Å². The summed E-state index contributed by atoms with van der Waals surface area (Å²) in [5.74, 6) is -4.33. The lowest BCUT2D eigenvalue weighted by Gasteiger charge is -2.18. The summed E-state index contributed by atoms with van der Waals surface area (Å²) in [5.41, 5.74) is -0.985. The van der Waals surface area contributed by atoms with E-state index in [-0.39, 0.29) is 17.6 Å². The summed E-state index contributed by atoms with van der Waals surface area (Å²) in [6.07, 6.45) is -2.29. The molecule has 224 valence electrons. The molecule has 0 bridgehead atoms. The van der Waals surface area contributed by atoms with Crippen molar-refractivity contribution in [3.05, 3.63) is 101 Å². The normalized spacial score (nSPS) is 13.3. The average molecular weight is 603 g/mol. The third kappa shape index (κ3) is 10.7. The number of benzene rings is 3. The molecule has 0 radical (unpaired) electrons. The largest absolute Gasteiger partial charge is 0.492 e. The topological polar surface area (TPSA) is 145 Å².